The van der Waals surface area contributed by atoms with Gasteiger partial charge in [0.15, 0.2) is 5.78 Å². The summed E-state index contributed by atoms with van der Waals surface area (Å²) in [6, 6.07) is 10.1. The third-order valence-electron chi connectivity index (χ3n) is 4.56. The zero-order chi connectivity index (χ0) is 13.2. The van der Waals surface area contributed by atoms with E-state index >= 15 is 0 Å². The van der Waals surface area contributed by atoms with E-state index in [0.29, 0.717) is 6.04 Å². The van der Waals surface area contributed by atoms with Crippen molar-refractivity contribution in [1.29, 1.82) is 0 Å². The summed E-state index contributed by atoms with van der Waals surface area (Å²) in [6.45, 7) is 2.01. The second-order valence-corrected chi connectivity index (χ2v) is 5.98. The van der Waals surface area contributed by atoms with Crippen LogP contribution in [0.4, 0.5) is 0 Å². The molecule has 2 aliphatic rings. The second kappa shape index (κ2) is 5.20. The molecule has 0 aliphatic heterocycles. The Morgan fingerprint density at radius 1 is 1.21 bits per heavy atom. The predicted octanol–water partition coefficient (Wildman–Crippen LogP) is 3.55. The first-order valence-corrected chi connectivity index (χ1v) is 7.26. The molecule has 0 saturated heterocycles. The van der Waals surface area contributed by atoms with Crippen LogP contribution in [0.1, 0.15) is 43.0 Å². The van der Waals surface area contributed by atoms with Crippen molar-refractivity contribution in [2.45, 2.75) is 38.6 Å². The molecule has 3 atom stereocenters. The van der Waals surface area contributed by atoms with E-state index in [1.54, 1.807) is 6.08 Å². The molecule has 0 radical (unpaired) electrons. The van der Waals surface area contributed by atoms with Crippen LogP contribution in [0.5, 0.6) is 0 Å². The van der Waals surface area contributed by atoms with Crippen molar-refractivity contribution in [2.75, 3.05) is 0 Å². The number of allylic oxidation sites excluding steroid dienone is 2. The van der Waals surface area contributed by atoms with E-state index in [0.717, 1.165) is 23.1 Å². The summed E-state index contributed by atoms with van der Waals surface area (Å²) < 4.78 is 0. The molecule has 0 amide bonds. The quantitative estimate of drug-likeness (QED) is 0.658. The van der Waals surface area contributed by atoms with Crippen LogP contribution in [0.2, 0.25) is 0 Å². The molecule has 2 aliphatic carbocycles. The number of carbonyl (C=O) groups is 1. The Hall–Kier alpha value is -1.57. The monoisotopic (exact) mass is 255 g/mol. The fourth-order valence-electron chi connectivity index (χ4n) is 3.64. The summed E-state index contributed by atoms with van der Waals surface area (Å²) in [6.07, 6.45) is 7.19. The summed E-state index contributed by atoms with van der Waals surface area (Å²) >= 11 is 0. The molecule has 2 nitrogen and oxygen atoms in total. The molecule has 2 bridgehead atoms. The van der Waals surface area contributed by atoms with Crippen LogP contribution in [0.3, 0.4) is 0 Å². The van der Waals surface area contributed by atoms with Crippen molar-refractivity contribution in [1.82, 2.24) is 5.32 Å². The van der Waals surface area contributed by atoms with E-state index in [-0.39, 0.29) is 5.78 Å². The molecular formula is C17H21NO. The van der Waals surface area contributed by atoms with Crippen LogP contribution in [-0.4, -0.2) is 11.8 Å². The SMILES string of the molecule is CC(=CC(=O)c1ccccc1)NC1CC2CCC1C2. The van der Waals surface area contributed by atoms with Crippen molar-refractivity contribution >= 4 is 5.78 Å². The van der Waals surface area contributed by atoms with Crippen molar-refractivity contribution in [3.63, 3.8) is 0 Å². The molecule has 1 aromatic rings. The van der Waals surface area contributed by atoms with Gasteiger partial charge in [0.1, 0.15) is 0 Å². The molecule has 2 fully saturated rings. The summed E-state index contributed by atoms with van der Waals surface area (Å²) in [7, 11) is 0. The first-order chi connectivity index (χ1) is 9.22. The molecule has 1 N–H and O–H groups in total. The zero-order valence-electron chi connectivity index (χ0n) is 11.4. The third kappa shape index (κ3) is 2.73. The standard InChI is InChI=1S/C17H21NO/c1-12(9-17(19)14-5-3-2-4-6-14)18-16-11-13-7-8-15(16)10-13/h2-6,9,13,15-16,18H,7-8,10-11H2,1H3. The molecule has 0 aromatic heterocycles. The highest BCUT2D eigenvalue weighted by Gasteiger charge is 2.39. The first-order valence-electron chi connectivity index (χ1n) is 7.26. The fourth-order valence-corrected chi connectivity index (χ4v) is 3.64. The highest BCUT2D eigenvalue weighted by Crippen LogP contribution is 2.44. The van der Waals surface area contributed by atoms with Crippen LogP contribution in [0.15, 0.2) is 42.1 Å². The number of ketones is 1. The Morgan fingerprint density at radius 2 is 2.00 bits per heavy atom. The minimum Gasteiger partial charge on any atom is -0.385 e. The Bertz CT molecular complexity index is 491. The van der Waals surface area contributed by atoms with Crippen LogP contribution < -0.4 is 5.32 Å². The maximum atomic E-state index is 12.1. The van der Waals surface area contributed by atoms with E-state index < -0.39 is 0 Å². The molecule has 0 heterocycles. The normalized spacial score (nSPS) is 29.5. The molecule has 1 aromatic carbocycles. The Labute approximate surface area is 114 Å². The highest BCUT2D eigenvalue weighted by molar-refractivity contribution is 6.04. The minimum absolute atomic E-state index is 0.0914. The fraction of sp³-hybridized carbons (Fsp3) is 0.471. The maximum Gasteiger partial charge on any atom is 0.187 e. The van der Waals surface area contributed by atoms with Crippen LogP contribution in [-0.2, 0) is 0 Å². The van der Waals surface area contributed by atoms with Crippen LogP contribution >= 0.6 is 0 Å². The average molecular weight is 255 g/mol. The summed E-state index contributed by atoms with van der Waals surface area (Å²) in [5.74, 6) is 1.86. The smallest absolute Gasteiger partial charge is 0.187 e. The van der Waals surface area contributed by atoms with Gasteiger partial charge in [-0.1, -0.05) is 36.8 Å². The molecular weight excluding hydrogens is 234 g/mol. The number of nitrogens with one attached hydrogen (secondary N) is 1. The van der Waals surface area contributed by atoms with Crippen molar-refractivity contribution in [3.8, 4) is 0 Å². The van der Waals surface area contributed by atoms with Gasteiger partial charge in [-0.3, -0.25) is 4.79 Å². The molecule has 3 rings (SSSR count). The topological polar surface area (TPSA) is 29.1 Å². The van der Waals surface area contributed by atoms with Gasteiger partial charge in [-0.2, -0.15) is 0 Å². The molecule has 19 heavy (non-hydrogen) atoms. The number of benzene rings is 1. The lowest BCUT2D eigenvalue weighted by Gasteiger charge is -2.24. The lowest BCUT2D eigenvalue weighted by atomic mass is 9.95. The van der Waals surface area contributed by atoms with Crippen LogP contribution in [0, 0.1) is 11.8 Å². The van der Waals surface area contributed by atoms with E-state index in [4.69, 9.17) is 0 Å². The number of fused-ring (bicyclic) bond motifs is 2. The lowest BCUT2D eigenvalue weighted by Crippen LogP contribution is -2.32. The molecule has 3 unspecified atom stereocenters. The predicted molar refractivity (Wildman–Crippen MR) is 76.9 cm³/mol. The van der Waals surface area contributed by atoms with E-state index in [2.05, 4.69) is 5.32 Å². The van der Waals surface area contributed by atoms with Gasteiger partial charge in [0.2, 0.25) is 0 Å². The van der Waals surface area contributed by atoms with E-state index in [1.165, 1.54) is 25.7 Å². The zero-order valence-corrected chi connectivity index (χ0v) is 11.4. The Balaban J connectivity index is 1.62. The highest BCUT2D eigenvalue weighted by atomic mass is 16.1. The lowest BCUT2D eigenvalue weighted by molar-refractivity contribution is 0.104. The first kappa shape index (κ1) is 12.5. The third-order valence-corrected chi connectivity index (χ3v) is 4.56. The van der Waals surface area contributed by atoms with Crippen LogP contribution in [0.25, 0.3) is 0 Å². The number of rotatable bonds is 4. The minimum atomic E-state index is 0.0914. The summed E-state index contributed by atoms with van der Waals surface area (Å²) in [5, 5.41) is 3.55. The maximum absolute atomic E-state index is 12.1. The molecule has 0 spiro atoms. The molecule has 2 saturated carbocycles. The number of hydrogen-bond acceptors (Lipinski definition) is 2. The number of carbonyl (C=O) groups excluding carboxylic acids is 1. The van der Waals surface area contributed by atoms with Gasteiger partial charge in [0.25, 0.3) is 0 Å². The van der Waals surface area contributed by atoms with E-state index in [9.17, 15) is 4.79 Å². The van der Waals surface area contributed by atoms with Gasteiger partial charge in [-0.05, 0) is 38.0 Å². The van der Waals surface area contributed by atoms with Crippen molar-refractivity contribution in [3.05, 3.63) is 47.7 Å². The van der Waals surface area contributed by atoms with Gasteiger partial charge in [-0.15, -0.1) is 0 Å². The molecule has 100 valence electrons. The Kier molecular flexibility index (Phi) is 3.41. The van der Waals surface area contributed by atoms with Gasteiger partial charge >= 0.3 is 0 Å². The van der Waals surface area contributed by atoms with Gasteiger partial charge in [0, 0.05) is 23.4 Å². The van der Waals surface area contributed by atoms with Gasteiger partial charge in [0.05, 0.1) is 0 Å². The largest absolute Gasteiger partial charge is 0.385 e. The Morgan fingerprint density at radius 3 is 2.63 bits per heavy atom. The van der Waals surface area contributed by atoms with Crippen molar-refractivity contribution in [2.24, 2.45) is 11.8 Å². The van der Waals surface area contributed by atoms with Gasteiger partial charge < -0.3 is 5.32 Å². The van der Waals surface area contributed by atoms with Gasteiger partial charge in [-0.25, -0.2) is 0 Å². The summed E-state index contributed by atoms with van der Waals surface area (Å²) in [4.78, 5) is 12.1. The summed E-state index contributed by atoms with van der Waals surface area (Å²) in [5.41, 5.74) is 1.77. The number of hydrogen-bond donors (Lipinski definition) is 1. The molecule has 2 heteroatoms. The second-order valence-electron chi connectivity index (χ2n) is 5.98. The van der Waals surface area contributed by atoms with E-state index in [1.807, 2.05) is 37.3 Å². The average Bonchev–Trinajstić information content (AvgIpc) is 3.02. The van der Waals surface area contributed by atoms with Crippen molar-refractivity contribution < 1.29 is 4.79 Å².